The summed E-state index contributed by atoms with van der Waals surface area (Å²) in [6, 6.07) is -0.0898. The molecule has 5 heteroatoms. The second kappa shape index (κ2) is 5.80. The van der Waals surface area contributed by atoms with E-state index in [1.165, 1.54) is 4.90 Å². The third kappa shape index (κ3) is 3.85. The lowest BCUT2D eigenvalue weighted by Gasteiger charge is -2.38. The number of carboxylic acids is 1. The third-order valence-corrected chi connectivity index (χ3v) is 4.38. The van der Waals surface area contributed by atoms with E-state index in [0.717, 1.165) is 32.4 Å². The molecule has 0 aromatic heterocycles. The van der Waals surface area contributed by atoms with Crippen LogP contribution in [0.25, 0.3) is 0 Å². The summed E-state index contributed by atoms with van der Waals surface area (Å²) >= 11 is 0. The van der Waals surface area contributed by atoms with Crippen molar-refractivity contribution < 1.29 is 14.7 Å². The number of hydrogen-bond acceptors (Lipinski definition) is 2. The Morgan fingerprint density at radius 1 is 1.21 bits per heavy atom. The van der Waals surface area contributed by atoms with Gasteiger partial charge in [0.1, 0.15) is 6.54 Å². The van der Waals surface area contributed by atoms with E-state index in [-0.39, 0.29) is 12.6 Å². The van der Waals surface area contributed by atoms with Crippen molar-refractivity contribution in [2.75, 3.05) is 26.2 Å². The van der Waals surface area contributed by atoms with Gasteiger partial charge in [-0.1, -0.05) is 13.8 Å². The van der Waals surface area contributed by atoms with E-state index in [2.05, 4.69) is 13.8 Å². The van der Waals surface area contributed by atoms with Gasteiger partial charge in [-0.15, -0.1) is 0 Å². The first-order valence-electron chi connectivity index (χ1n) is 7.23. The summed E-state index contributed by atoms with van der Waals surface area (Å²) in [4.78, 5) is 26.7. The van der Waals surface area contributed by atoms with Gasteiger partial charge in [-0.05, 0) is 37.0 Å². The molecule has 1 saturated heterocycles. The minimum absolute atomic E-state index is 0.0898. The highest BCUT2D eigenvalue weighted by molar-refractivity contribution is 5.80. The smallest absolute Gasteiger partial charge is 0.323 e. The van der Waals surface area contributed by atoms with Crippen LogP contribution in [0.2, 0.25) is 0 Å². The predicted molar refractivity (Wildman–Crippen MR) is 71.8 cm³/mol. The second-order valence-electron chi connectivity index (χ2n) is 6.19. The van der Waals surface area contributed by atoms with Crippen LogP contribution >= 0.6 is 0 Å². The summed E-state index contributed by atoms with van der Waals surface area (Å²) < 4.78 is 0. The van der Waals surface area contributed by atoms with Gasteiger partial charge in [0.15, 0.2) is 0 Å². The van der Waals surface area contributed by atoms with Gasteiger partial charge in [0.2, 0.25) is 0 Å². The van der Waals surface area contributed by atoms with E-state index in [4.69, 9.17) is 5.11 Å². The number of piperidine rings is 1. The normalized spacial score (nSPS) is 27.2. The number of carboxylic acid groups (broad SMARTS) is 1. The molecule has 2 amide bonds. The Kier molecular flexibility index (Phi) is 4.32. The molecule has 2 unspecified atom stereocenters. The van der Waals surface area contributed by atoms with Gasteiger partial charge in [-0.3, -0.25) is 4.79 Å². The lowest BCUT2D eigenvalue weighted by molar-refractivity contribution is -0.137. The van der Waals surface area contributed by atoms with Gasteiger partial charge >= 0.3 is 12.0 Å². The summed E-state index contributed by atoms with van der Waals surface area (Å²) in [5, 5.41) is 8.95. The van der Waals surface area contributed by atoms with Gasteiger partial charge in [0.05, 0.1) is 0 Å². The molecule has 2 rings (SSSR count). The van der Waals surface area contributed by atoms with Crippen LogP contribution in [0.4, 0.5) is 4.79 Å². The van der Waals surface area contributed by atoms with Crippen LogP contribution in [-0.2, 0) is 4.79 Å². The Morgan fingerprint density at radius 2 is 1.89 bits per heavy atom. The first-order chi connectivity index (χ1) is 8.97. The van der Waals surface area contributed by atoms with E-state index >= 15 is 0 Å². The molecule has 1 aliphatic carbocycles. The standard InChI is InChI=1S/C14H24N2O3/c1-10-5-6-15(7-11(10)2)14(19)16(9-13(17)18)8-12-3-4-12/h10-12H,3-9H2,1-2H3,(H,17,18). The molecule has 1 N–H and O–H groups in total. The van der Waals surface area contributed by atoms with Gasteiger partial charge in [-0.2, -0.15) is 0 Å². The highest BCUT2D eigenvalue weighted by Gasteiger charge is 2.32. The maximum absolute atomic E-state index is 12.4. The van der Waals surface area contributed by atoms with Crippen LogP contribution in [0.1, 0.15) is 33.1 Å². The molecule has 1 aliphatic heterocycles. The van der Waals surface area contributed by atoms with Gasteiger partial charge in [0.25, 0.3) is 0 Å². The summed E-state index contributed by atoms with van der Waals surface area (Å²) in [5.74, 6) is 0.725. The number of amides is 2. The molecule has 19 heavy (non-hydrogen) atoms. The Labute approximate surface area is 114 Å². The number of likely N-dealkylation sites (tertiary alicyclic amines) is 1. The molecule has 2 aliphatic rings. The van der Waals surface area contributed by atoms with Crippen molar-refractivity contribution in [3.63, 3.8) is 0 Å². The molecule has 2 fully saturated rings. The Hall–Kier alpha value is -1.26. The highest BCUT2D eigenvalue weighted by Crippen LogP contribution is 2.30. The van der Waals surface area contributed by atoms with Crippen molar-refractivity contribution in [3.8, 4) is 0 Å². The van der Waals surface area contributed by atoms with Crippen LogP contribution in [0.15, 0.2) is 0 Å². The molecular formula is C14H24N2O3. The van der Waals surface area contributed by atoms with Gasteiger partial charge in [-0.25, -0.2) is 4.79 Å². The van der Waals surface area contributed by atoms with Crippen LogP contribution in [-0.4, -0.2) is 53.1 Å². The summed E-state index contributed by atoms with van der Waals surface area (Å²) in [5.41, 5.74) is 0. The molecule has 0 radical (unpaired) electrons. The Bertz CT molecular complexity index is 355. The topological polar surface area (TPSA) is 60.9 Å². The molecular weight excluding hydrogens is 244 g/mol. The summed E-state index contributed by atoms with van der Waals surface area (Å²) in [7, 11) is 0. The average molecular weight is 268 g/mol. The number of carbonyl (C=O) groups excluding carboxylic acids is 1. The molecule has 0 bridgehead atoms. The number of nitrogens with zero attached hydrogens (tertiary/aromatic N) is 2. The van der Waals surface area contributed by atoms with Crippen LogP contribution < -0.4 is 0 Å². The minimum Gasteiger partial charge on any atom is -0.480 e. The van der Waals surface area contributed by atoms with E-state index in [1.807, 2.05) is 4.90 Å². The van der Waals surface area contributed by atoms with Crippen molar-refractivity contribution >= 4 is 12.0 Å². The fourth-order valence-corrected chi connectivity index (χ4v) is 2.62. The summed E-state index contributed by atoms with van der Waals surface area (Å²) in [6.07, 6.45) is 3.25. The minimum atomic E-state index is -0.924. The Morgan fingerprint density at radius 3 is 2.42 bits per heavy atom. The number of rotatable bonds is 4. The van der Waals surface area contributed by atoms with E-state index < -0.39 is 5.97 Å². The second-order valence-corrected chi connectivity index (χ2v) is 6.19. The van der Waals surface area contributed by atoms with Gasteiger partial charge < -0.3 is 14.9 Å². The fourth-order valence-electron chi connectivity index (χ4n) is 2.62. The van der Waals surface area contributed by atoms with Crippen LogP contribution in [0, 0.1) is 17.8 Å². The largest absolute Gasteiger partial charge is 0.480 e. The van der Waals surface area contributed by atoms with Crippen molar-refractivity contribution in [2.45, 2.75) is 33.1 Å². The Balaban J connectivity index is 1.95. The number of aliphatic carboxylic acids is 1. The molecule has 108 valence electrons. The first-order valence-corrected chi connectivity index (χ1v) is 7.23. The molecule has 1 saturated carbocycles. The van der Waals surface area contributed by atoms with E-state index in [9.17, 15) is 9.59 Å². The maximum atomic E-state index is 12.4. The van der Waals surface area contributed by atoms with Crippen LogP contribution in [0.5, 0.6) is 0 Å². The zero-order valence-corrected chi connectivity index (χ0v) is 11.8. The zero-order valence-electron chi connectivity index (χ0n) is 11.8. The maximum Gasteiger partial charge on any atom is 0.323 e. The van der Waals surface area contributed by atoms with E-state index in [1.54, 1.807) is 0 Å². The summed E-state index contributed by atoms with van der Waals surface area (Å²) in [6.45, 7) is 6.31. The third-order valence-electron chi connectivity index (χ3n) is 4.38. The van der Waals surface area contributed by atoms with Crippen molar-refractivity contribution in [2.24, 2.45) is 17.8 Å². The van der Waals surface area contributed by atoms with Crippen molar-refractivity contribution in [1.82, 2.24) is 9.80 Å². The lowest BCUT2D eigenvalue weighted by atomic mass is 9.89. The fraction of sp³-hybridized carbons (Fsp3) is 0.857. The highest BCUT2D eigenvalue weighted by atomic mass is 16.4. The molecule has 1 heterocycles. The number of carbonyl (C=O) groups is 2. The SMILES string of the molecule is CC1CCN(C(=O)N(CC(=O)O)CC2CC2)CC1C. The molecule has 2 atom stereocenters. The van der Waals surface area contributed by atoms with E-state index in [0.29, 0.717) is 24.3 Å². The molecule has 0 aromatic carbocycles. The molecule has 0 aromatic rings. The molecule has 0 spiro atoms. The first kappa shape index (κ1) is 14.2. The number of urea groups is 1. The lowest BCUT2D eigenvalue weighted by Crippen LogP contribution is -2.50. The average Bonchev–Trinajstić information content (AvgIpc) is 3.14. The predicted octanol–water partition coefficient (Wildman–Crippen LogP) is 1.88. The number of hydrogen-bond donors (Lipinski definition) is 1. The monoisotopic (exact) mass is 268 g/mol. The zero-order chi connectivity index (χ0) is 14.0. The van der Waals surface area contributed by atoms with Crippen molar-refractivity contribution in [3.05, 3.63) is 0 Å². The van der Waals surface area contributed by atoms with Gasteiger partial charge in [0, 0.05) is 19.6 Å². The molecule has 5 nitrogen and oxygen atoms in total. The van der Waals surface area contributed by atoms with Crippen LogP contribution in [0.3, 0.4) is 0 Å². The van der Waals surface area contributed by atoms with Crippen molar-refractivity contribution in [1.29, 1.82) is 0 Å². The quantitative estimate of drug-likeness (QED) is 0.847.